The molecule has 0 aliphatic heterocycles. The van der Waals surface area contributed by atoms with Gasteiger partial charge in [-0.3, -0.25) is 9.59 Å². The van der Waals surface area contributed by atoms with Crippen molar-refractivity contribution in [2.45, 2.75) is 28.4 Å². The van der Waals surface area contributed by atoms with Crippen LogP contribution in [0.3, 0.4) is 0 Å². The van der Waals surface area contributed by atoms with Crippen LogP contribution in [0.2, 0.25) is 0 Å². The van der Waals surface area contributed by atoms with Crippen molar-refractivity contribution >= 4 is 58.3 Å². The van der Waals surface area contributed by atoms with Crippen LogP contribution in [0.25, 0.3) is 0 Å². The number of hydrogen-bond donors (Lipinski definition) is 0. The van der Waals surface area contributed by atoms with E-state index in [2.05, 4.69) is 6.58 Å². The molecule has 0 amide bonds. The van der Waals surface area contributed by atoms with E-state index in [1.54, 1.807) is 0 Å². The Kier molecular flexibility index (Phi) is 4.72. The Morgan fingerprint density at radius 3 is 1.44 bits per heavy atom. The quantitative estimate of drug-likeness (QED) is 0.278. The largest absolute Gasteiger partial charge is 0.468 e. The van der Waals surface area contributed by atoms with E-state index in [4.69, 9.17) is 65.4 Å². The molecule has 0 aromatic rings. The minimum atomic E-state index is -1.97. The van der Waals surface area contributed by atoms with Gasteiger partial charge in [-0.15, -0.1) is 23.2 Å². The van der Waals surface area contributed by atoms with Gasteiger partial charge in [0.2, 0.25) is 5.79 Å². The molecule has 2 fully saturated rings. The van der Waals surface area contributed by atoms with Crippen molar-refractivity contribution < 1.29 is 28.5 Å². The molecule has 0 heterocycles. The number of allylic oxidation sites excluding steroid dienone is 1. The number of carbonyl (C=O) groups is 2. The van der Waals surface area contributed by atoms with E-state index >= 15 is 0 Å². The van der Waals surface area contributed by atoms with Gasteiger partial charge in [-0.1, -0.05) is 35.4 Å². The van der Waals surface area contributed by atoms with Gasteiger partial charge < -0.3 is 18.9 Å². The van der Waals surface area contributed by atoms with Crippen LogP contribution in [0.15, 0.2) is 22.2 Å². The predicted molar refractivity (Wildman–Crippen MR) is 99.9 cm³/mol. The molecule has 0 aromatic carbocycles. The van der Waals surface area contributed by atoms with E-state index in [1.165, 1.54) is 28.4 Å². The van der Waals surface area contributed by atoms with Crippen LogP contribution >= 0.6 is 46.4 Å². The van der Waals surface area contributed by atoms with Crippen LogP contribution in [0.1, 0.15) is 12.8 Å². The third kappa shape index (κ3) is 1.65. The van der Waals surface area contributed by atoms with Crippen molar-refractivity contribution in [2.24, 2.45) is 10.8 Å². The van der Waals surface area contributed by atoms with Gasteiger partial charge in [-0.2, -0.15) is 0 Å². The number of halogens is 4. The van der Waals surface area contributed by atoms with Crippen LogP contribution in [0, 0.1) is 10.8 Å². The number of fused-ring (bicyclic) bond motifs is 5. The zero-order chi connectivity index (χ0) is 20.6. The summed E-state index contributed by atoms with van der Waals surface area (Å²) in [5.74, 6) is -3.59. The molecule has 10 heteroatoms. The molecule has 3 rings (SSSR count). The molecule has 150 valence electrons. The summed E-state index contributed by atoms with van der Waals surface area (Å²) in [7, 11) is 4.91. The molecule has 2 unspecified atom stereocenters. The zero-order valence-electron chi connectivity index (χ0n) is 15.1. The van der Waals surface area contributed by atoms with Crippen molar-refractivity contribution in [2.75, 3.05) is 28.4 Å². The van der Waals surface area contributed by atoms with Crippen molar-refractivity contribution in [3.8, 4) is 0 Å². The Morgan fingerprint density at radius 2 is 1.19 bits per heavy atom. The first-order valence-corrected chi connectivity index (χ1v) is 9.39. The molecule has 6 nitrogen and oxygen atoms in total. The van der Waals surface area contributed by atoms with Crippen molar-refractivity contribution in [1.82, 2.24) is 0 Å². The average Bonchev–Trinajstić information content (AvgIpc) is 3.10. The van der Waals surface area contributed by atoms with Gasteiger partial charge in [0.15, 0.2) is 9.75 Å². The maximum absolute atomic E-state index is 13.2. The van der Waals surface area contributed by atoms with Gasteiger partial charge in [0.1, 0.15) is 10.8 Å². The molecule has 27 heavy (non-hydrogen) atoms. The van der Waals surface area contributed by atoms with E-state index in [1.807, 2.05) is 0 Å². The van der Waals surface area contributed by atoms with Gasteiger partial charge in [0.25, 0.3) is 0 Å². The lowest BCUT2D eigenvalue weighted by atomic mass is 9.59. The maximum atomic E-state index is 13.2. The standard InChI is InChI=1S/C17H18Cl4O6/c1-8-6-13(11(22)24-2)14(7-8,12(23)25-3)16(21)10(19)9(18)15(13,20)17(16,26-4)27-5/h1,6-7H2,2-5H3/t13?,14?,15-,16+. The molecular formula is C17H18Cl4O6. The van der Waals surface area contributed by atoms with Crippen LogP contribution in [-0.2, 0) is 28.5 Å². The molecule has 0 N–H and O–H groups in total. The second-order valence-corrected chi connectivity index (χ2v) is 8.76. The van der Waals surface area contributed by atoms with E-state index in [0.717, 1.165) is 0 Å². The average molecular weight is 460 g/mol. The number of methoxy groups -OCH3 is 4. The van der Waals surface area contributed by atoms with Crippen LogP contribution in [0.5, 0.6) is 0 Å². The maximum Gasteiger partial charge on any atom is 0.315 e. The Morgan fingerprint density at radius 1 is 0.852 bits per heavy atom. The van der Waals surface area contributed by atoms with Gasteiger partial charge in [0.05, 0.1) is 24.3 Å². The number of carbonyl (C=O) groups excluding carboxylic acids is 2. The fraction of sp³-hybridized carbons (Fsp3) is 0.647. The topological polar surface area (TPSA) is 71.1 Å². The molecule has 0 spiro atoms. The number of rotatable bonds is 4. The third-order valence-electron chi connectivity index (χ3n) is 6.28. The van der Waals surface area contributed by atoms with Crippen molar-refractivity contribution in [3.05, 3.63) is 22.2 Å². The molecule has 3 aliphatic carbocycles. The lowest BCUT2D eigenvalue weighted by molar-refractivity contribution is -0.227. The normalized spacial score (nSPS) is 41.7. The summed E-state index contributed by atoms with van der Waals surface area (Å²) in [5.41, 5.74) is -3.09. The SMILES string of the molecule is C=C1CC2(C(=O)OC)C(C(=O)OC)(C1)[C@@]1(Cl)C(Cl)=C(Cl)[C@]2(Cl)C1(OC)OC. The molecular weight excluding hydrogens is 442 g/mol. The zero-order valence-corrected chi connectivity index (χ0v) is 18.1. The smallest absolute Gasteiger partial charge is 0.315 e. The Labute approximate surface area is 176 Å². The van der Waals surface area contributed by atoms with E-state index < -0.39 is 38.3 Å². The molecule has 0 saturated heterocycles. The molecule has 0 aromatic heterocycles. The molecule has 4 atom stereocenters. The summed E-state index contributed by atoms with van der Waals surface area (Å²) in [6, 6.07) is 0. The molecule has 2 saturated carbocycles. The van der Waals surface area contributed by atoms with Gasteiger partial charge in [-0.25, -0.2) is 0 Å². The number of alkyl halides is 2. The summed E-state index contributed by atoms with van der Waals surface area (Å²) >= 11 is 27.2. The molecule has 2 bridgehead atoms. The minimum absolute atomic E-state index is 0.0401. The summed E-state index contributed by atoms with van der Waals surface area (Å²) in [4.78, 5) is 22.6. The van der Waals surface area contributed by atoms with E-state index in [0.29, 0.717) is 5.57 Å². The third-order valence-corrected chi connectivity index (χ3v) is 9.04. The van der Waals surface area contributed by atoms with Crippen LogP contribution in [0.4, 0.5) is 0 Å². The fourth-order valence-corrected chi connectivity index (χ4v) is 7.87. The number of hydrogen-bond acceptors (Lipinski definition) is 6. The lowest BCUT2D eigenvalue weighted by Crippen LogP contribution is -2.61. The highest BCUT2D eigenvalue weighted by atomic mass is 35.5. The molecule has 0 radical (unpaired) electrons. The first-order valence-electron chi connectivity index (χ1n) is 7.88. The predicted octanol–water partition coefficient (Wildman–Crippen LogP) is 3.32. The molecule has 3 aliphatic rings. The van der Waals surface area contributed by atoms with E-state index in [9.17, 15) is 9.59 Å². The highest BCUT2D eigenvalue weighted by Gasteiger charge is 3.00. The first-order chi connectivity index (χ1) is 12.5. The van der Waals surface area contributed by atoms with Crippen molar-refractivity contribution in [3.63, 3.8) is 0 Å². The summed E-state index contributed by atoms with van der Waals surface area (Å²) in [5, 5.41) is -0.298. The first kappa shape index (κ1) is 21.2. The second-order valence-electron chi connectivity index (χ2n) is 6.87. The Hall–Kier alpha value is -0.500. The van der Waals surface area contributed by atoms with Crippen LogP contribution < -0.4 is 0 Å². The Balaban J connectivity index is 2.60. The van der Waals surface area contributed by atoms with Gasteiger partial charge in [0, 0.05) is 14.2 Å². The highest BCUT2D eigenvalue weighted by molar-refractivity contribution is 6.54. The number of esters is 2. The summed E-state index contributed by atoms with van der Waals surface area (Å²) < 4.78 is 21.4. The Bertz CT molecular complexity index is 734. The lowest BCUT2D eigenvalue weighted by Gasteiger charge is -2.47. The van der Waals surface area contributed by atoms with Gasteiger partial charge >= 0.3 is 11.9 Å². The van der Waals surface area contributed by atoms with E-state index in [-0.39, 0.29) is 22.9 Å². The summed E-state index contributed by atoms with van der Waals surface area (Å²) in [6.07, 6.45) is -0.0802. The monoisotopic (exact) mass is 458 g/mol. The number of ether oxygens (including phenoxy) is 4. The van der Waals surface area contributed by atoms with Gasteiger partial charge in [-0.05, 0) is 12.8 Å². The van der Waals surface area contributed by atoms with Crippen LogP contribution in [-0.4, -0.2) is 55.9 Å². The van der Waals surface area contributed by atoms with Crippen molar-refractivity contribution in [1.29, 1.82) is 0 Å². The highest BCUT2D eigenvalue weighted by Crippen LogP contribution is 2.87. The minimum Gasteiger partial charge on any atom is -0.468 e. The second kappa shape index (κ2) is 6.00. The summed E-state index contributed by atoms with van der Waals surface area (Å²) in [6.45, 7) is 3.95. The fourth-order valence-electron chi connectivity index (χ4n) is 5.48.